The second-order valence-corrected chi connectivity index (χ2v) is 5.82. The van der Waals surface area contributed by atoms with Crippen molar-refractivity contribution in [3.8, 4) is 11.1 Å². The second kappa shape index (κ2) is 6.91. The Labute approximate surface area is 152 Å². The van der Waals surface area contributed by atoms with E-state index in [1.54, 1.807) is 36.4 Å². The first-order valence-corrected chi connectivity index (χ1v) is 8.10. The lowest BCUT2D eigenvalue weighted by molar-refractivity contribution is 0.0944. The number of fused-ring (bicyclic) bond motifs is 1. The molecule has 0 aliphatic rings. The third kappa shape index (κ3) is 3.37. The van der Waals surface area contributed by atoms with Gasteiger partial charge in [0, 0.05) is 17.7 Å². The van der Waals surface area contributed by atoms with E-state index in [-0.39, 0.29) is 18.1 Å². The first-order chi connectivity index (χ1) is 13.1. The summed E-state index contributed by atoms with van der Waals surface area (Å²) >= 11 is 0. The predicted molar refractivity (Wildman–Crippen MR) is 93.7 cm³/mol. The van der Waals surface area contributed by atoms with E-state index in [1.807, 2.05) is 0 Å². The molecule has 2 aromatic heterocycles. The maximum absolute atomic E-state index is 13.7. The highest BCUT2D eigenvalue weighted by Gasteiger charge is 2.15. The third-order valence-corrected chi connectivity index (χ3v) is 4.05. The number of halogens is 2. The summed E-state index contributed by atoms with van der Waals surface area (Å²) in [7, 11) is 0. The van der Waals surface area contributed by atoms with Gasteiger partial charge in [-0.2, -0.15) is 9.61 Å². The molecule has 4 rings (SSSR count). The zero-order valence-corrected chi connectivity index (χ0v) is 13.9. The van der Waals surface area contributed by atoms with Crippen LogP contribution in [0.15, 0.2) is 60.9 Å². The summed E-state index contributed by atoms with van der Waals surface area (Å²) in [6, 6.07) is 13.6. The van der Waals surface area contributed by atoms with Crippen LogP contribution in [0.3, 0.4) is 0 Å². The lowest BCUT2D eigenvalue weighted by Crippen LogP contribution is -2.25. The van der Waals surface area contributed by atoms with Gasteiger partial charge in [0.25, 0.3) is 5.91 Å². The highest BCUT2D eigenvalue weighted by Crippen LogP contribution is 2.24. The smallest absolute Gasteiger partial charge is 0.272 e. The third-order valence-electron chi connectivity index (χ3n) is 4.05. The van der Waals surface area contributed by atoms with E-state index in [1.165, 1.54) is 29.0 Å². The quantitative estimate of drug-likeness (QED) is 0.603. The van der Waals surface area contributed by atoms with Crippen molar-refractivity contribution < 1.29 is 13.6 Å². The van der Waals surface area contributed by atoms with Gasteiger partial charge in [-0.05, 0) is 29.8 Å². The average molecular weight is 365 g/mol. The number of benzene rings is 2. The molecule has 0 radical (unpaired) electrons. The first-order valence-electron chi connectivity index (χ1n) is 8.10. The summed E-state index contributed by atoms with van der Waals surface area (Å²) in [4.78, 5) is 12.5. The number of hydrogen-bond donors (Lipinski definition) is 1. The van der Waals surface area contributed by atoms with Crippen molar-refractivity contribution in [1.82, 2.24) is 25.1 Å². The van der Waals surface area contributed by atoms with Crippen molar-refractivity contribution in [3.05, 3.63) is 83.8 Å². The Kier molecular flexibility index (Phi) is 4.29. The van der Waals surface area contributed by atoms with Gasteiger partial charge in [-0.15, -0.1) is 10.2 Å². The molecule has 0 saturated heterocycles. The number of nitrogens with one attached hydrogen (secondary N) is 1. The Morgan fingerprint density at radius 1 is 1.07 bits per heavy atom. The molecule has 0 aliphatic carbocycles. The Morgan fingerprint density at radius 3 is 2.63 bits per heavy atom. The molecule has 2 aromatic carbocycles. The molecule has 4 aromatic rings. The van der Waals surface area contributed by atoms with Gasteiger partial charge >= 0.3 is 0 Å². The monoisotopic (exact) mass is 365 g/mol. The highest BCUT2D eigenvalue weighted by molar-refractivity contribution is 5.94. The van der Waals surface area contributed by atoms with Crippen molar-refractivity contribution in [2.24, 2.45) is 0 Å². The van der Waals surface area contributed by atoms with Crippen LogP contribution >= 0.6 is 0 Å². The maximum Gasteiger partial charge on any atom is 0.272 e. The van der Waals surface area contributed by atoms with E-state index in [9.17, 15) is 13.6 Å². The number of nitrogens with zero attached hydrogens (tertiary/aromatic N) is 4. The lowest BCUT2D eigenvalue weighted by Gasteiger charge is -2.08. The van der Waals surface area contributed by atoms with Crippen LogP contribution in [0.4, 0.5) is 8.78 Å². The number of hydrogen-bond acceptors (Lipinski definition) is 4. The highest BCUT2D eigenvalue weighted by atomic mass is 19.1. The molecule has 0 spiro atoms. The minimum Gasteiger partial charge on any atom is -0.346 e. The fourth-order valence-corrected chi connectivity index (χ4v) is 2.69. The van der Waals surface area contributed by atoms with E-state index in [2.05, 4.69) is 20.6 Å². The van der Waals surface area contributed by atoms with Crippen molar-refractivity contribution in [3.63, 3.8) is 0 Å². The normalized spacial score (nSPS) is 10.9. The van der Waals surface area contributed by atoms with Gasteiger partial charge in [0.2, 0.25) is 0 Å². The van der Waals surface area contributed by atoms with E-state index in [0.717, 1.165) is 0 Å². The molecule has 6 nitrogen and oxygen atoms in total. The van der Waals surface area contributed by atoms with Crippen molar-refractivity contribution in [2.75, 3.05) is 0 Å². The SMILES string of the molecule is O=C(NCc1ccccc1F)c1cc(-c2ccc(F)cc2)c2nncn2n1. The number of aromatic nitrogens is 4. The van der Waals surface area contributed by atoms with Gasteiger partial charge in [0.15, 0.2) is 5.65 Å². The van der Waals surface area contributed by atoms with E-state index >= 15 is 0 Å². The average Bonchev–Trinajstić information content (AvgIpc) is 3.16. The molecular weight excluding hydrogens is 352 g/mol. The summed E-state index contributed by atoms with van der Waals surface area (Å²) in [6.07, 6.45) is 1.37. The van der Waals surface area contributed by atoms with Gasteiger partial charge in [0.1, 0.15) is 23.7 Å². The molecule has 0 saturated carbocycles. The van der Waals surface area contributed by atoms with E-state index in [0.29, 0.717) is 22.3 Å². The Morgan fingerprint density at radius 2 is 1.85 bits per heavy atom. The molecule has 1 amide bonds. The fraction of sp³-hybridized carbons (Fsp3) is 0.0526. The van der Waals surface area contributed by atoms with Crippen LogP contribution in [0.1, 0.15) is 16.1 Å². The number of carbonyl (C=O) groups is 1. The zero-order chi connectivity index (χ0) is 18.8. The molecule has 27 heavy (non-hydrogen) atoms. The topological polar surface area (TPSA) is 72.2 Å². The summed E-state index contributed by atoms with van der Waals surface area (Å²) in [5.41, 5.74) is 2.17. The second-order valence-electron chi connectivity index (χ2n) is 5.82. The molecule has 2 heterocycles. The van der Waals surface area contributed by atoms with Gasteiger partial charge in [-0.1, -0.05) is 30.3 Å². The molecule has 0 bridgehead atoms. The van der Waals surface area contributed by atoms with Crippen LogP contribution in [0, 0.1) is 11.6 Å². The summed E-state index contributed by atoms with van der Waals surface area (Å²) in [5.74, 6) is -1.24. The van der Waals surface area contributed by atoms with Crippen LogP contribution in [0.5, 0.6) is 0 Å². The predicted octanol–water partition coefficient (Wildman–Crippen LogP) is 3.00. The van der Waals surface area contributed by atoms with Crippen LogP contribution in [-0.2, 0) is 6.54 Å². The van der Waals surface area contributed by atoms with E-state index in [4.69, 9.17) is 0 Å². The van der Waals surface area contributed by atoms with Gasteiger partial charge < -0.3 is 5.32 Å². The Bertz CT molecular complexity index is 1120. The number of rotatable bonds is 4. The van der Waals surface area contributed by atoms with Gasteiger partial charge in [-0.3, -0.25) is 4.79 Å². The maximum atomic E-state index is 13.7. The number of carbonyl (C=O) groups excluding carboxylic acids is 1. The van der Waals surface area contributed by atoms with Crippen LogP contribution in [-0.4, -0.2) is 25.7 Å². The summed E-state index contributed by atoms with van der Waals surface area (Å²) < 4.78 is 28.3. The summed E-state index contributed by atoms with van der Waals surface area (Å²) in [5, 5.41) is 14.6. The molecular formula is C19H13F2N5O. The van der Waals surface area contributed by atoms with Crippen molar-refractivity contribution in [1.29, 1.82) is 0 Å². The number of amides is 1. The first kappa shape index (κ1) is 16.8. The summed E-state index contributed by atoms with van der Waals surface area (Å²) in [6.45, 7) is 0.0271. The fourth-order valence-electron chi connectivity index (χ4n) is 2.69. The Balaban J connectivity index is 1.66. The molecule has 8 heteroatoms. The lowest BCUT2D eigenvalue weighted by atomic mass is 10.1. The van der Waals surface area contributed by atoms with Crippen molar-refractivity contribution in [2.45, 2.75) is 6.54 Å². The molecule has 0 fully saturated rings. The van der Waals surface area contributed by atoms with Gasteiger partial charge in [0.05, 0.1) is 0 Å². The molecule has 0 unspecified atom stereocenters. The van der Waals surface area contributed by atoms with Crippen LogP contribution < -0.4 is 5.32 Å². The standard InChI is InChI=1S/C19H13F2N5O/c20-14-7-5-12(6-8-14)15-9-17(25-26-11-23-24-18(15)26)19(27)22-10-13-3-1-2-4-16(13)21/h1-9,11H,10H2,(H,22,27). The molecule has 134 valence electrons. The van der Waals surface area contributed by atoms with Gasteiger partial charge in [-0.25, -0.2) is 8.78 Å². The molecule has 0 atom stereocenters. The molecule has 0 aliphatic heterocycles. The Hall–Kier alpha value is -3.68. The van der Waals surface area contributed by atoms with E-state index < -0.39 is 11.7 Å². The van der Waals surface area contributed by atoms with Crippen molar-refractivity contribution >= 4 is 11.6 Å². The largest absolute Gasteiger partial charge is 0.346 e. The minimum absolute atomic E-state index is 0.0271. The van der Waals surface area contributed by atoms with Crippen LogP contribution in [0.2, 0.25) is 0 Å². The zero-order valence-electron chi connectivity index (χ0n) is 13.9. The minimum atomic E-state index is -0.475. The van der Waals surface area contributed by atoms with Crippen LogP contribution in [0.25, 0.3) is 16.8 Å². The molecule has 1 N–H and O–H groups in total.